The second-order valence-corrected chi connectivity index (χ2v) is 6.46. The van der Waals surface area contributed by atoms with Gasteiger partial charge in [0.1, 0.15) is 11.5 Å². The van der Waals surface area contributed by atoms with Crippen molar-refractivity contribution < 1.29 is 9.31 Å². The van der Waals surface area contributed by atoms with Crippen LogP contribution in [0.3, 0.4) is 0 Å². The minimum absolute atomic E-state index is 0.0635. The van der Waals surface area contributed by atoms with Gasteiger partial charge in [-0.1, -0.05) is 0 Å². The molecule has 4 nitrogen and oxygen atoms in total. The molecule has 1 heterocycles. The van der Waals surface area contributed by atoms with E-state index in [0.29, 0.717) is 12.5 Å². The average molecular weight is 382 g/mol. The quantitative estimate of drug-likeness (QED) is 0.492. The van der Waals surface area contributed by atoms with Crippen LogP contribution in [0.1, 0.15) is 6.42 Å². The second-order valence-electron chi connectivity index (χ2n) is 4.15. The van der Waals surface area contributed by atoms with Crippen LogP contribution in [0.2, 0.25) is 0 Å². The first-order valence-corrected chi connectivity index (χ1v) is 7.76. The molecule has 1 aliphatic heterocycles. The van der Waals surface area contributed by atoms with Crippen LogP contribution in [-0.2, 0) is 0 Å². The fourth-order valence-electron chi connectivity index (χ4n) is 1.83. The molecule has 0 aromatic heterocycles. The first kappa shape index (κ1) is 13.9. The van der Waals surface area contributed by atoms with E-state index in [4.69, 9.17) is 0 Å². The molecule has 1 aliphatic rings. The highest BCUT2D eigenvalue weighted by Gasteiger charge is 2.20. The lowest BCUT2D eigenvalue weighted by Crippen LogP contribution is -2.14. The van der Waals surface area contributed by atoms with Gasteiger partial charge in [0, 0.05) is 18.7 Å². The van der Waals surface area contributed by atoms with Crippen LogP contribution in [0.25, 0.3) is 0 Å². The van der Waals surface area contributed by atoms with E-state index in [1.165, 1.54) is 12.1 Å². The molecule has 0 amide bonds. The van der Waals surface area contributed by atoms with E-state index in [-0.39, 0.29) is 14.9 Å². The van der Waals surface area contributed by atoms with E-state index in [0.717, 1.165) is 17.9 Å². The van der Waals surface area contributed by atoms with Crippen LogP contribution in [0, 0.1) is 25.4 Å². The van der Waals surface area contributed by atoms with Gasteiger partial charge in [-0.05, 0) is 46.4 Å². The average Bonchev–Trinajstić information content (AvgIpc) is 2.83. The molecule has 1 aromatic carbocycles. The molecule has 0 bridgehead atoms. The maximum atomic E-state index is 13.4. The lowest BCUT2D eigenvalue weighted by Gasteiger charge is -2.12. The predicted octanol–water partition coefficient (Wildman–Crippen LogP) is 3.50. The molecule has 18 heavy (non-hydrogen) atoms. The van der Waals surface area contributed by atoms with Gasteiger partial charge in [0.15, 0.2) is 0 Å². The maximum absolute atomic E-state index is 13.4. The Labute approximate surface area is 122 Å². The Bertz CT molecular complexity index is 467. The summed E-state index contributed by atoms with van der Waals surface area (Å²) in [5.41, 5.74) is 0.210. The van der Waals surface area contributed by atoms with Crippen molar-refractivity contribution in [2.45, 2.75) is 6.42 Å². The molecule has 1 fully saturated rings. The van der Waals surface area contributed by atoms with Crippen LogP contribution < -0.4 is 5.32 Å². The zero-order chi connectivity index (χ0) is 13.1. The van der Waals surface area contributed by atoms with Gasteiger partial charge in [0.05, 0.1) is 8.49 Å². The number of anilines is 1. The molecule has 0 aliphatic carbocycles. The number of nitro benzene ring substituents is 1. The van der Waals surface area contributed by atoms with E-state index in [9.17, 15) is 14.5 Å². The molecule has 0 radical (unpaired) electrons. The van der Waals surface area contributed by atoms with Gasteiger partial charge in [-0.15, -0.1) is 0 Å². The third-order valence-corrected chi connectivity index (χ3v) is 4.90. The Morgan fingerprint density at radius 3 is 3.00 bits per heavy atom. The normalized spacial score (nSPS) is 18.9. The predicted molar refractivity (Wildman–Crippen MR) is 79.7 cm³/mol. The Morgan fingerprint density at radius 1 is 1.61 bits per heavy atom. The largest absolute Gasteiger partial charge is 0.379 e. The van der Waals surface area contributed by atoms with Gasteiger partial charge in [-0.3, -0.25) is 10.1 Å². The van der Waals surface area contributed by atoms with Gasteiger partial charge in [0.2, 0.25) is 0 Å². The summed E-state index contributed by atoms with van der Waals surface area (Å²) in [6, 6.07) is 2.48. The van der Waals surface area contributed by atoms with Crippen molar-refractivity contribution in [1.82, 2.24) is 0 Å². The van der Waals surface area contributed by atoms with Crippen LogP contribution in [0.4, 0.5) is 15.8 Å². The summed E-state index contributed by atoms with van der Waals surface area (Å²) in [4.78, 5) is 10.4. The van der Waals surface area contributed by atoms with Gasteiger partial charge in [-0.2, -0.15) is 11.8 Å². The number of hydrogen-bond acceptors (Lipinski definition) is 4. The highest BCUT2D eigenvalue weighted by Crippen LogP contribution is 2.30. The fourth-order valence-corrected chi connectivity index (χ4v) is 3.56. The molecule has 0 saturated carbocycles. The highest BCUT2D eigenvalue weighted by atomic mass is 127. The minimum atomic E-state index is -0.479. The number of hydrogen-bond donors (Lipinski definition) is 1. The van der Waals surface area contributed by atoms with E-state index >= 15 is 0 Å². The summed E-state index contributed by atoms with van der Waals surface area (Å²) in [7, 11) is 0. The first-order chi connectivity index (χ1) is 8.58. The number of thioether (sulfide) groups is 1. The molecule has 2 rings (SSSR count). The van der Waals surface area contributed by atoms with E-state index < -0.39 is 10.7 Å². The van der Waals surface area contributed by atoms with Crippen molar-refractivity contribution in [2.24, 2.45) is 5.92 Å². The topological polar surface area (TPSA) is 55.2 Å². The number of nitrogens with one attached hydrogen (secondary N) is 1. The number of rotatable bonds is 4. The molecular weight excluding hydrogens is 370 g/mol. The molecule has 0 spiro atoms. The molecule has 1 N–H and O–H groups in total. The van der Waals surface area contributed by atoms with E-state index in [2.05, 4.69) is 5.32 Å². The van der Waals surface area contributed by atoms with Crippen molar-refractivity contribution in [3.8, 4) is 0 Å². The van der Waals surface area contributed by atoms with Gasteiger partial charge in [0.25, 0.3) is 5.69 Å². The highest BCUT2D eigenvalue weighted by molar-refractivity contribution is 14.1. The van der Waals surface area contributed by atoms with Crippen molar-refractivity contribution in [1.29, 1.82) is 0 Å². The second kappa shape index (κ2) is 6.05. The smallest absolute Gasteiger partial charge is 0.293 e. The van der Waals surface area contributed by atoms with Gasteiger partial charge < -0.3 is 5.32 Å². The summed E-state index contributed by atoms with van der Waals surface area (Å²) < 4.78 is 13.7. The van der Waals surface area contributed by atoms with Crippen LogP contribution in [-0.4, -0.2) is 23.0 Å². The SMILES string of the molecule is O=[N+]([O-])c1cc(I)c(F)cc1NCC1CCSC1. The standard InChI is InChI=1S/C11H12FIN2O2S/c12-8-3-10(11(15(16)17)4-9(8)13)14-5-7-1-2-18-6-7/h3-4,7,14H,1-2,5-6H2. The zero-order valence-electron chi connectivity index (χ0n) is 9.49. The van der Waals surface area contributed by atoms with Gasteiger partial charge >= 0.3 is 0 Å². The molecule has 7 heteroatoms. The maximum Gasteiger partial charge on any atom is 0.293 e. The summed E-state index contributed by atoms with van der Waals surface area (Å²) >= 11 is 3.64. The summed E-state index contributed by atoms with van der Waals surface area (Å²) in [6.45, 7) is 0.661. The van der Waals surface area contributed by atoms with Crippen molar-refractivity contribution in [3.63, 3.8) is 0 Å². The van der Waals surface area contributed by atoms with Gasteiger partial charge in [-0.25, -0.2) is 4.39 Å². The van der Waals surface area contributed by atoms with Crippen LogP contribution in [0.15, 0.2) is 12.1 Å². The molecule has 98 valence electrons. The molecule has 1 aromatic rings. The number of nitrogens with zero attached hydrogens (tertiary/aromatic N) is 1. The Kier molecular flexibility index (Phi) is 4.66. The number of halogens is 2. The summed E-state index contributed by atoms with van der Waals surface area (Å²) in [5.74, 6) is 2.28. The summed E-state index contributed by atoms with van der Waals surface area (Å²) in [5, 5.41) is 13.9. The molecule has 1 unspecified atom stereocenters. The fraction of sp³-hybridized carbons (Fsp3) is 0.455. The lowest BCUT2D eigenvalue weighted by atomic mass is 10.1. The van der Waals surface area contributed by atoms with Crippen molar-refractivity contribution in [2.75, 3.05) is 23.4 Å². The summed E-state index contributed by atoms with van der Waals surface area (Å²) in [6.07, 6.45) is 1.11. The Balaban J connectivity index is 2.14. The minimum Gasteiger partial charge on any atom is -0.379 e. The lowest BCUT2D eigenvalue weighted by molar-refractivity contribution is -0.384. The monoisotopic (exact) mass is 382 g/mol. The van der Waals surface area contributed by atoms with Crippen LogP contribution >= 0.6 is 34.4 Å². The van der Waals surface area contributed by atoms with E-state index in [1.807, 2.05) is 11.8 Å². The first-order valence-electron chi connectivity index (χ1n) is 5.53. The molecule has 1 saturated heterocycles. The number of benzene rings is 1. The third-order valence-electron chi connectivity index (χ3n) is 2.84. The van der Waals surface area contributed by atoms with E-state index in [1.54, 1.807) is 22.6 Å². The Hall–Kier alpha value is -0.570. The van der Waals surface area contributed by atoms with Crippen LogP contribution in [0.5, 0.6) is 0 Å². The van der Waals surface area contributed by atoms with Crippen molar-refractivity contribution in [3.05, 3.63) is 31.6 Å². The Morgan fingerprint density at radius 2 is 2.39 bits per heavy atom. The van der Waals surface area contributed by atoms with Crippen molar-refractivity contribution >= 4 is 45.7 Å². The third kappa shape index (κ3) is 3.25. The molecular formula is C11H12FIN2O2S. The molecule has 1 atom stereocenters. The zero-order valence-corrected chi connectivity index (χ0v) is 12.5. The number of nitro groups is 1.